The molecule has 282 valence electrons. The summed E-state index contributed by atoms with van der Waals surface area (Å²) in [5.41, 5.74) is 0. The van der Waals surface area contributed by atoms with Crippen molar-refractivity contribution in [3.63, 3.8) is 0 Å². The van der Waals surface area contributed by atoms with Gasteiger partial charge in [-0.2, -0.15) is 0 Å². The Morgan fingerprint density at radius 2 is 1.15 bits per heavy atom. The highest BCUT2D eigenvalue weighted by atomic mass is 31.2. The van der Waals surface area contributed by atoms with Gasteiger partial charge >= 0.3 is 13.8 Å². The van der Waals surface area contributed by atoms with E-state index in [0.29, 0.717) is 13.0 Å². The van der Waals surface area contributed by atoms with Crippen molar-refractivity contribution in [1.82, 2.24) is 0 Å². The summed E-state index contributed by atoms with van der Waals surface area (Å²) in [4.78, 5) is 22.4. The maximum Gasteiger partial charge on any atom is 0.472 e. The number of carbonyl (C=O) groups excluding carboxylic acids is 1. The average molecular weight is 703 g/mol. The van der Waals surface area contributed by atoms with E-state index in [9.17, 15) is 19.4 Å². The number of phosphoric ester groups is 1. The van der Waals surface area contributed by atoms with Crippen molar-refractivity contribution in [2.45, 2.75) is 167 Å². The third-order valence-electron chi connectivity index (χ3n) is 7.80. The molecule has 0 aromatic rings. The molecule has 3 unspecified atom stereocenters. The van der Waals surface area contributed by atoms with Crippen LogP contribution >= 0.6 is 7.82 Å². The first-order valence-electron chi connectivity index (χ1n) is 19.0. The van der Waals surface area contributed by atoms with Crippen molar-refractivity contribution in [1.29, 1.82) is 0 Å². The molecule has 3 N–H and O–H groups in total. The van der Waals surface area contributed by atoms with Gasteiger partial charge in [-0.3, -0.25) is 13.8 Å². The molecular weight excluding hydrogens is 631 g/mol. The van der Waals surface area contributed by atoms with E-state index in [1.165, 1.54) is 57.8 Å². The summed E-state index contributed by atoms with van der Waals surface area (Å²) < 4.78 is 33.2. The fourth-order valence-corrected chi connectivity index (χ4v) is 5.62. The van der Waals surface area contributed by atoms with Crippen LogP contribution in [0.15, 0.2) is 36.5 Å². The van der Waals surface area contributed by atoms with Gasteiger partial charge in [-0.25, -0.2) is 4.57 Å². The normalized spacial score (nSPS) is 14.7. The number of phosphoric acid groups is 1. The Kier molecular flexibility index (Phi) is 34.5. The molecule has 0 rings (SSSR count). The van der Waals surface area contributed by atoms with Crippen LogP contribution in [0.25, 0.3) is 0 Å². The second-order valence-electron chi connectivity index (χ2n) is 12.6. The van der Waals surface area contributed by atoms with Gasteiger partial charge in [0.05, 0.1) is 26.4 Å². The Morgan fingerprint density at radius 3 is 1.75 bits per heavy atom. The van der Waals surface area contributed by atoms with E-state index < -0.39 is 39.2 Å². The third-order valence-corrected chi connectivity index (χ3v) is 8.75. The number of aliphatic hydroxyl groups is 2. The van der Waals surface area contributed by atoms with Crippen LogP contribution in [0, 0.1) is 0 Å². The number of esters is 1. The Balaban J connectivity index is 4.25. The van der Waals surface area contributed by atoms with Gasteiger partial charge in [0.15, 0.2) is 0 Å². The van der Waals surface area contributed by atoms with Crippen molar-refractivity contribution in [3.05, 3.63) is 36.5 Å². The van der Waals surface area contributed by atoms with Crippen LogP contribution in [-0.4, -0.2) is 66.3 Å². The number of unbranched alkanes of at least 4 members (excludes halogenated alkanes) is 16. The van der Waals surface area contributed by atoms with Crippen molar-refractivity contribution < 1.29 is 43.0 Å². The minimum Gasteiger partial charge on any atom is -0.457 e. The van der Waals surface area contributed by atoms with Gasteiger partial charge in [0.1, 0.15) is 12.2 Å². The summed E-state index contributed by atoms with van der Waals surface area (Å²) in [7, 11) is -4.51. The molecule has 0 aliphatic heterocycles. The summed E-state index contributed by atoms with van der Waals surface area (Å²) in [6.07, 6.45) is 35.3. The molecule has 0 heterocycles. The predicted molar refractivity (Wildman–Crippen MR) is 196 cm³/mol. The minimum atomic E-state index is -4.51. The SMILES string of the molecule is CCCC/C=C\CCCCCCCC(=O)OC(COCCCCCCCC/C=C\C/C=C\CCCCC)COP(=O)(O)OCC(O)CO. The highest BCUT2D eigenvalue weighted by Gasteiger charge is 2.26. The lowest BCUT2D eigenvalue weighted by Crippen LogP contribution is -2.29. The largest absolute Gasteiger partial charge is 0.472 e. The zero-order chi connectivity index (χ0) is 35.4. The van der Waals surface area contributed by atoms with Gasteiger partial charge in [0.25, 0.3) is 0 Å². The molecule has 0 fully saturated rings. The second-order valence-corrected chi connectivity index (χ2v) is 14.0. The molecule has 10 heteroatoms. The zero-order valence-corrected chi connectivity index (χ0v) is 31.3. The molecule has 0 aliphatic carbocycles. The van der Waals surface area contributed by atoms with Crippen LogP contribution in [0.3, 0.4) is 0 Å². The molecule has 0 spiro atoms. The standard InChI is InChI=1S/C38H71O9P/c1-3-5-7-9-11-13-15-16-17-18-19-21-23-25-27-29-31-44-34-37(35-46-48(42,43)45-33-36(40)32-39)47-38(41)30-28-26-24-22-20-14-12-10-8-6-4-2/h10-13,16-17,36-37,39-40H,3-9,14-15,18-35H2,1-2H3,(H,42,43)/b12-10-,13-11-,17-16-. The molecule has 3 atom stereocenters. The Morgan fingerprint density at radius 1 is 0.646 bits per heavy atom. The first-order chi connectivity index (χ1) is 23.3. The molecule has 9 nitrogen and oxygen atoms in total. The van der Waals surface area contributed by atoms with Gasteiger partial charge in [-0.05, 0) is 64.2 Å². The summed E-state index contributed by atoms with van der Waals surface area (Å²) in [5, 5.41) is 18.3. The lowest BCUT2D eigenvalue weighted by molar-refractivity contribution is -0.154. The lowest BCUT2D eigenvalue weighted by atomic mass is 10.1. The molecule has 0 radical (unpaired) electrons. The van der Waals surface area contributed by atoms with Crippen molar-refractivity contribution in [2.24, 2.45) is 0 Å². The highest BCUT2D eigenvalue weighted by molar-refractivity contribution is 7.47. The maximum atomic E-state index is 12.5. The number of aliphatic hydroxyl groups excluding tert-OH is 2. The van der Waals surface area contributed by atoms with E-state index in [2.05, 4.69) is 50.3 Å². The number of carbonyl (C=O) groups is 1. The third kappa shape index (κ3) is 34.5. The van der Waals surface area contributed by atoms with E-state index in [0.717, 1.165) is 70.6 Å². The number of rotatable bonds is 36. The van der Waals surface area contributed by atoms with E-state index in [1.54, 1.807) is 0 Å². The van der Waals surface area contributed by atoms with Crippen LogP contribution < -0.4 is 0 Å². The van der Waals surface area contributed by atoms with E-state index in [4.69, 9.17) is 23.6 Å². The highest BCUT2D eigenvalue weighted by Crippen LogP contribution is 2.43. The molecule has 0 aliphatic rings. The molecule has 0 saturated carbocycles. The molecule has 0 aromatic heterocycles. The summed E-state index contributed by atoms with van der Waals surface area (Å²) in [6, 6.07) is 0. The van der Waals surface area contributed by atoms with Crippen LogP contribution in [0.1, 0.15) is 155 Å². The first-order valence-corrected chi connectivity index (χ1v) is 20.5. The smallest absolute Gasteiger partial charge is 0.457 e. The second kappa shape index (κ2) is 35.5. The van der Waals surface area contributed by atoms with E-state index in [-0.39, 0.29) is 19.6 Å². The topological polar surface area (TPSA) is 132 Å². The van der Waals surface area contributed by atoms with Crippen molar-refractivity contribution in [2.75, 3.05) is 33.0 Å². The number of hydrogen-bond acceptors (Lipinski definition) is 8. The molecule has 48 heavy (non-hydrogen) atoms. The first kappa shape index (κ1) is 46.7. The average Bonchev–Trinajstić information content (AvgIpc) is 3.07. The van der Waals surface area contributed by atoms with Crippen molar-refractivity contribution in [3.8, 4) is 0 Å². The van der Waals surface area contributed by atoms with Crippen LogP contribution in [0.5, 0.6) is 0 Å². The van der Waals surface area contributed by atoms with Gasteiger partial charge < -0.3 is 24.6 Å². The van der Waals surface area contributed by atoms with Gasteiger partial charge in [-0.15, -0.1) is 0 Å². The molecular formula is C38H71O9P. The maximum absolute atomic E-state index is 12.5. The Hall–Kier alpha value is -1.32. The zero-order valence-electron chi connectivity index (χ0n) is 30.4. The van der Waals surface area contributed by atoms with E-state index in [1.807, 2.05) is 0 Å². The predicted octanol–water partition coefficient (Wildman–Crippen LogP) is 9.69. The minimum absolute atomic E-state index is 0.0387. The summed E-state index contributed by atoms with van der Waals surface area (Å²) in [5.74, 6) is -0.399. The quantitative estimate of drug-likeness (QED) is 0.0253. The van der Waals surface area contributed by atoms with Gasteiger partial charge in [0, 0.05) is 13.0 Å². The molecule has 0 aromatic carbocycles. The lowest BCUT2D eigenvalue weighted by Gasteiger charge is -2.20. The molecule has 0 amide bonds. The summed E-state index contributed by atoms with van der Waals surface area (Å²) >= 11 is 0. The van der Waals surface area contributed by atoms with Crippen LogP contribution in [0.4, 0.5) is 0 Å². The number of hydrogen-bond donors (Lipinski definition) is 3. The number of ether oxygens (including phenoxy) is 2. The summed E-state index contributed by atoms with van der Waals surface area (Å²) in [6.45, 7) is 3.40. The fraction of sp³-hybridized carbons (Fsp3) is 0.816. The number of allylic oxidation sites excluding steroid dienone is 6. The molecule has 0 saturated heterocycles. The Labute approximate surface area is 293 Å². The monoisotopic (exact) mass is 702 g/mol. The Bertz CT molecular complexity index is 846. The van der Waals surface area contributed by atoms with E-state index >= 15 is 0 Å². The van der Waals surface area contributed by atoms with Gasteiger partial charge in [0.2, 0.25) is 0 Å². The van der Waals surface area contributed by atoms with Crippen LogP contribution in [0.2, 0.25) is 0 Å². The van der Waals surface area contributed by atoms with Gasteiger partial charge in [-0.1, -0.05) is 121 Å². The fourth-order valence-electron chi connectivity index (χ4n) is 4.84. The van der Waals surface area contributed by atoms with Crippen LogP contribution in [-0.2, 0) is 27.9 Å². The van der Waals surface area contributed by atoms with Crippen molar-refractivity contribution >= 4 is 13.8 Å². The molecule has 0 bridgehead atoms.